The van der Waals surface area contributed by atoms with Crippen LogP contribution in [0.25, 0.3) is 21.9 Å². The van der Waals surface area contributed by atoms with E-state index in [-0.39, 0.29) is 24.8 Å². The molecule has 3 heterocycles. The van der Waals surface area contributed by atoms with Crippen LogP contribution in [0.5, 0.6) is 0 Å². The molecule has 1 aromatic carbocycles. The van der Waals surface area contributed by atoms with Crippen LogP contribution in [0.15, 0.2) is 42.9 Å². The van der Waals surface area contributed by atoms with E-state index < -0.39 is 0 Å². The summed E-state index contributed by atoms with van der Waals surface area (Å²) in [7, 11) is 1.89. The molecule has 3 N–H and O–H groups in total. The number of carbonyl (C=O) groups is 1. The highest BCUT2D eigenvalue weighted by molar-refractivity contribution is 5.94. The van der Waals surface area contributed by atoms with Crippen LogP contribution in [0.3, 0.4) is 0 Å². The second kappa shape index (κ2) is 7.67. The Morgan fingerprint density at radius 1 is 1.25 bits per heavy atom. The number of rotatable bonds is 4. The number of aryl methyl sites for hydroxylation is 1. The van der Waals surface area contributed by atoms with Crippen LogP contribution >= 0.6 is 0 Å². The van der Waals surface area contributed by atoms with Crippen molar-refractivity contribution in [3.05, 3.63) is 42.9 Å². The molecule has 1 aliphatic rings. The second-order valence-electron chi connectivity index (χ2n) is 7.26. The number of aromatic nitrogens is 3. The van der Waals surface area contributed by atoms with Crippen LogP contribution in [0.2, 0.25) is 0 Å². The molecule has 0 unspecified atom stereocenters. The van der Waals surface area contributed by atoms with Crippen molar-refractivity contribution >= 4 is 22.5 Å². The molecular formula is C20H24N6O2. The molecule has 0 radical (unpaired) electrons. The van der Waals surface area contributed by atoms with Crippen LogP contribution in [0.4, 0.5) is 5.82 Å². The summed E-state index contributed by atoms with van der Waals surface area (Å²) in [5.41, 5.74) is 7.97. The van der Waals surface area contributed by atoms with Gasteiger partial charge in [-0.25, -0.2) is 4.98 Å². The summed E-state index contributed by atoms with van der Waals surface area (Å²) in [6.07, 6.45) is 5.23. The molecule has 0 spiro atoms. The summed E-state index contributed by atoms with van der Waals surface area (Å²) in [5.74, 6) is 0.419. The lowest BCUT2D eigenvalue weighted by Crippen LogP contribution is -2.52. The van der Waals surface area contributed by atoms with Gasteiger partial charge in [-0.1, -0.05) is 12.1 Å². The fourth-order valence-corrected chi connectivity index (χ4v) is 3.55. The van der Waals surface area contributed by atoms with E-state index >= 15 is 0 Å². The molecule has 1 saturated heterocycles. The number of benzene rings is 1. The van der Waals surface area contributed by atoms with E-state index in [9.17, 15) is 4.79 Å². The molecular weight excluding hydrogens is 356 g/mol. The number of hydrogen-bond donors (Lipinski definition) is 2. The largest absolute Gasteiger partial charge is 0.358 e. The minimum Gasteiger partial charge on any atom is -0.358 e. The molecule has 28 heavy (non-hydrogen) atoms. The van der Waals surface area contributed by atoms with Gasteiger partial charge < -0.3 is 15.8 Å². The van der Waals surface area contributed by atoms with E-state index in [1.54, 1.807) is 10.9 Å². The fraction of sp³-hybridized carbons (Fsp3) is 0.350. The lowest BCUT2D eigenvalue weighted by Gasteiger charge is -2.34. The molecule has 2 atom stereocenters. The van der Waals surface area contributed by atoms with Crippen molar-refractivity contribution < 1.29 is 9.53 Å². The van der Waals surface area contributed by atoms with E-state index in [1.165, 1.54) is 0 Å². The quantitative estimate of drug-likeness (QED) is 0.713. The Hall–Kier alpha value is -2.81. The summed E-state index contributed by atoms with van der Waals surface area (Å²) in [4.78, 5) is 18.8. The number of amides is 1. The molecule has 146 valence electrons. The first-order valence-corrected chi connectivity index (χ1v) is 9.28. The molecule has 1 aliphatic heterocycles. The highest BCUT2D eigenvalue weighted by atomic mass is 16.5. The minimum atomic E-state index is -0.360. The second-order valence-corrected chi connectivity index (χ2v) is 7.26. The van der Waals surface area contributed by atoms with Crippen LogP contribution < -0.4 is 11.1 Å². The molecule has 0 aliphatic carbocycles. The summed E-state index contributed by atoms with van der Waals surface area (Å²) in [6.45, 7) is 3.43. The molecule has 8 heteroatoms. The average molecular weight is 380 g/mol. The lowest BCUT2D eigenvalue weighted by atomic mass is 10.1. The van der Waals surface area contributed by atoms with Crippen molar-refractivity contribution in [2.45, 2.75) is 19.3 Å². The first-order valence-electron chi connectivity index (χ1n) is 9.28. The van der Waals surface area contributed by atoms with Crippen LogP contribution in [-0.4, -0.2) is 57.5 Å². The minimum absolute atomic E-state index is 0.0150. The number of nitrogens with two attached hydrogens (primary N) is 1. The van der Waals surface area contributed by atoms with Gasteiger partial charge in [-0.15, -0.1) is 0 Å². The number of pyridine rings is 1. The Bertz CT molecular complexity index is 991. The van der Waals surface area contributed by atoms with Crippen molar-refractivity contribution in [3.63, 3.8) is 0 Å². The number of fused-ring (bicyclic) bond motifs is 1. The topological polar surface area (TPSA) is 98.3 Å². The van der Waals surface area contributed by atoms with Crippen LogP contribution in [-0.2, 0) is 16.6 Å². The van der Waals surface area contributed by atoms with Gasteiger partial charge in [-0.3, -0.25) is 14.4 Å². The molecule has 4 rings (SSSR count). The van der Waals surface area contributed by atoms with Gasteiger partial charge in [0.15, 0.2) is 0 Å². The van der Waals surface area contributed by atoms with Crippen LogP contribution in [0, 0.1) is 0 Å². The van der Waals surface area contributed by atoms with E-state index in [1.807, 2.05) is 49.5 Å². The average Bonchev–Trinajstić information content (AvgIpc) is 3.06. The SMILES string of the molecule is C[C@@H]1CN(CC(=O)Nc2cc3cc(-c4cnn(C)c4)ccc3cn2)C[C@H](N)O1. The Balaban J connectivity index is 1.48. The Labute approximate surface area is 163 Å². The van der Waals surface area contributed by atoms with E-state index in [4.69, 9.17) is 10.5 Å². The molecule has 3 aromatic rings. The van der Waals surface area contributed by atoms with Gasteiger partial charge in [-0.05, 0) is 30.0 Å². The van der Waals surface area contributed by atoms with Crippen molar-refractivity contribution in [1.29, 1.82) is 0 Å². The first kappa shape index (κ1) is 18.5. The number of carbonyl (C=O) groups excluding carboxylic acids is 1. The monoisotopic (exact) mass is 380 g/mol. The maximum atomic E-state index is 12.4. The number of nitrogens with zero attached hydrogens (tertiary/aromatic N) is 4. The van der Waals surface area contributed by atoms with Crippen molar-refractivity contribution in [2.24, 2.45) is 12.8 Å². The van der Waals surface area contributed by atoms with Gasteiger partial charge in [-0.2, -0.15) is 5.10 Å². The number of hydrogen-bond acceptors (Lipinski definition) is 6. The smallest absolute Gasteiger partial charge is 0.239 e. The van der Waals surface area contributed by atoms with Crippen molar-refractivity contribution in [2.75, 3.05) is 25.0 Å². The normalized spacial score (nSPS) is 20.4. The zero-order valence-corrected chi connectivity index (χ0v) is 16.0. The van der Waals surface area contributed by atoms with Gasteiger partial charge in [0, 0.05) is 43.5 Å². The highest BCUT2D eigenvalue weighted by Gasteiger charge is 2.24. The molecule has 0 saturated carbocycles. The number of anilines is 1. The summed E-state index contributed by atoms with van der Waals surface area (Å²) < 4.78 is 7.27. The third-order valence-electron chi connectivity index (χ3n) is 4.76. The van der Waals surface area contributed by atoms with E-state index in [0.29, 0.717) is 18.9 Å². The first-order chi connectivity index (χ1) is 13.5. The predicted molar refractivity (Wildman–Crippen MR) is 108 cm³/mol. The number of nitrogens with one attached hydrogen (secondary N) is 1. The Kier molecular flexibility index (Phi) is 5.08. The standard InChI is InChI=1S/C20H24N6O2/c1-13-9-26(11-18(21)28-13)12-20(27)24-19-6-16-5-14(3-4-15(16)7-22-19)17-8-23-25(2)10-17/h3-8,10,13,18H,9,11-12,21H2,1-2H3,(H,22,24,27)/t13-,18-/m1/s1. The Morgan fingerprint density at radius 2 is 2.11 bits per heavy atom. The Morgan fingerprint density at radius 3 is 2.86 bits per heavy atom. The molecule has 2 aromatic heterocycles. The zero-order chi connectivity index (χ0) is 19.7. The fourth-order valence-electron chi connectivity index (χ4n) is 3.55. The van der Waals surface area contributed by atoms with Gasteiger partial charge in [0.1, 0.15) is 12.0 Å². The summed E-state index contributed by atoms with van der Waals surface area (Å²) in [5, 5.41) is 9.13. The third kappa shape index (κ3) is 4.19. The van der Waals surface area contributed by atoms with Crippen molar-refractivity contribution in [1.82, 2.24) is 19.7 Å². The maximum Gasteiger partial charge on any atom is 0.239 e. The molecule has 8 nitrogen and oxygen atoms in total. The van der Waals surface area contributed by atoms with E-state index in [2.05, 4.69) is 21.5 Å². The highest BCUT2D eigenvalue weighted by Crippen LogP contribution is 2.25. The van der Waals surface area contributed by atoms with Gasteiger partial charge >= 0.3 is 0 Å². The lowest BCUT2D eigenvalue weighted by molar-refractivity contribution is -0.121. The number of ether oxygens (including phenoxy) is 1. The summed E-state index contributed by atoms with van der Waals surface area (Å²) in [6, 6.07) is 8.03. The maximum absolute atomic E-state index is 12.4. The zero-order valence-electron chi connectivity index (χ0n) is 16.0. The molecule has 1 fully saturated rings. The molecule has 1 amide bonds. The van der Waals surface area contributed by atoms with Gasteiger partial charge in [0.2, 0.25) is 5.91 Å². The predicted octanol–water partition coefficient (Wildman–Crippen LogP) is 1.58. The van der Waals surface area contributed by atoms with Gasteiger partial charge in [0.25, 0.3) is 0 Å². The van der Waals surface area contributed by atoms with Gasteiger partial charge in [0.05, 0.1) is 18.8 Å². The van der Waals surface area contributed by atoms with Crippen LogP contribution in [0.1, 0.15) is 6.92 Å². The summed E-state index contributed by atoms with van der Waals surface area (Å²) >= 11 is 0. The van der Waals surface area contributed by atoms with E-state index in [0.717, 1.165) is 21.9 Å². The third-order valence-corrected chi connectivity index (χ3v) is 4.76. The molecule has 0 bridgehead atoms. The van der Waals surface area contributed by atoms with Crippen molar-refractivity contribution in [3.8, 4) is 11.1 Å². The number of morpholine rings is 1.